The zero-order chi connectivity index (χ0) is 54.3. The van der Waals surface area contributed by atoms with Crippen molar-refractivity contribution in [3.05, 3.63) is 129 Å². The second-order valence-corrected chi connectivity index (χ2v) is 20.0. The van der Waals surface area contributed by atoms with E-state index in [1.54, 1.807) is 81.4 Å². The number of carbonyl (C=O) groups is 7. The molecule has 20 nitrogen and oxygen atoms in total. The number of hydrogen-bond acceptors (Lipinski definition) is 11. The molecule has 396 valence electrons. The molecule has 0 bridgehead atoms. The number of alkyl carbamates (subject to hydrolysis) is 1. The molecule has 2 fully saturated rings. The third-order valence-corrected chi connectivity index (χ3v) is 13.1. The van der Waals surface area contributed by atoms with Gasteiger partial charge >= 0.3 is 6.09 Å². The first kappa shape index (κ1) is 55.1. The number of halogens is 4. The van der Waals surface area contributed by atoms with Gasteiger partial charge < -0.3 is 47.7 Å². The molecule has 2 aliphatic rings. The standard InChI is InChI=1S/C28H32ClFN6O5.C23H24ClFN6O3/c1-28(2,3)41-27(40)33-17-11-18(12-17)35(14-22(37)32-13-16-7-6-9-20(29)24(16)30)23(38)15-36-21-10-5-4-8-19(21)25(34-36)26(31)39;24-17-6-3-4-13(21(17)25)10-28-19(32)11-30(15-8-14(26)9-15)20(33)12-31-18-7-2-1-5-16(18)22(29-31)23(27)34/h4-10,17-18H,11-15H2,1-3H3,(H2,31,39)(H,32,37)(H,33,40);1-7,14-15H,8-12,26H2,(H2,27,34)(H,28,32). The summed E-state index contributed by atoms with van der Waals surface area (Å²) in [6, 6.07) is 22.0. The van der Waals surface area contributed by atoms with Crippen LogP contribution in [0.3, 0.4) is 0 Å². The summed E-state index contributed by atoms with van der Waals surface area (Å²) in [7, 11) is 0. The van der Waals surface area contributed by atoms with E-state index in [0.29, 0.717) is 47.5 Å². The van der Waals surface area contributed by atoms with E-state index in [-0.39, 0.29) is 102 Å². The molecule has 2 heterocycles. The van der Waals surface area contributed by atoms with Crippen LogP contribution in [-0.4, -0.2) is 114 Å². The van der Waals surface area contributed by atoms with Gasteiger partial charge in [-0.25, -0.2) is 13.6 Å². The van der Waals surface area contributed by atoms with Crippen molar-refractivity contribution in [1.29, 1.82) is 0 Å². The minimum Gasteiger partial charge on any atom is -0.444 e. The van der Waals surface area contributed by atoms with E-state index in [1.807, 2.05) is 0 Å². The molecule has 2 saturated carbocycles. The number of nitrogens with two attached hydrogens (primary N) is 3. The van der Waals surface area contributed by atoms with Crippen molar-refractivity contribution in [1.82, 2.24) is 45.3 Å². The van der Waals surface area contributed by atoms with Gasteiger partial charge in [-0.1, -0.05) is 83.9 Å². The summed E-state index contributed by atoms with van der Waals surface area (Å²) < 4.78 is 36.5. The first-order valence-electron chi connectivity index (χ1n) is 23.8. The maximum atomic E-state index is 14.3. The summed E-state index contributed by atoms with van der Waals surface area (Å²) in [6.07, 6.45) is 1.35. The Balaban J connectivity index is 0.000000222. The monoisotopic (exact) mass is 1070 g/mol. The fraction of sp³-hybridized carbons (Fsp3) is 0.353. The number of carbonyl (C=O) groups excluding carboxylic acids is 7. The lowest BCUT2D eigenvalue weighted by molar-refractivity contribution is -0.141. The number of ether oxygens (including phenoxy) is 1. The quantitative estimate of drug-likeness (QED) is 0.0729. The van der Waals surface area contributed by atoms with Gasteiger partial charge in [0.25, 0.3) is 11.8 Å². The number of nitrogens with zero attached hydrogens (tertiary/aromatic N) is 6. The summed E-state index contributed by atoms with van der Waals surface area (Å²) >= 11 is 11.6. The Morgan fingerprint density at radius 2 is 1.07 bits per heavy atom. The molecule has 0 aliphatic heterocycles. The van der Waals surface area contributed by atoms with Crippen LogP contribution in [0.4, 0.5) is 13.6 Å². The van der Waals surface area contributed by atoms with E-state index in [1.165, 1.54) is 43.4 Å². The molecule has 7 amide bonds. The van der Waals surface area contributed by atoms with Crippen molar-refractivity contribution in [2.45, 2.75) is 102 Å². The van der Waals surface area contributed by atoms with Gasteiger partial charge in [-0.2, -0.15) is 10.2 Å². The van der Waals surface area contributed by atoms with Gasteiger partial charge in [-0.15, -0.1) is 0 Å². The molecule has 2 aliphatic carbocycles. The average molecular weight is 1070 g/mol. The topological polar surface area (TPSA) is 285 Å². The van der Waals surface area contributed by atoms with E-state index >= 15 is 0 Å². The van der Waals surface area contributed by atoms with Crippen molar-refractivity contribution in [3.8, 4) is 0 Å². The number of primary amides is 2. The molecule has 0 atom stereocenters. The van der Waals surface area contributed by atoms with E-state index in [0.717, 1.165) is 0 Å². The Morgan fingerprint density at radius 1 is 0.653 bits per heavy atom. The summed E-state index contributed by atoms with van der Waals surface area (Å²) in [5.74, 6) is -4.40. The van der Waals surface area contributed by atoms with Crippen LogP contribution in [0, 0.1) is 11.6 Å². The molecule has 2 aromatic heterocycles. The Bertz CT molecular complexity index is 3150. The van der Waals surface area contributed by atoms with Crippen LogP contribution in [0.2, 0.25) is 10.0 Å². The molecule has 24 heteroatoms. The van der Waals surface area contributed by atoms with E-state index in [2.05, 4.69) is 26.1 Å². The van der Waals surface area contributed by atoms with Crippen molar-refractivity contribution in [3.63, 3.8) is 0 Å². The third-order valence-electron chi connectivity index (χ3n) is 12.5. The van der Waals surface area contributed by atoms with Crippen LogP contribution in [-0.2, 0) is 50.1 Å². The van der Waals surface area contributed by atoms with Crippen LogP contribution in [0.5, 0.6) is 0 Å². The van der Waals surface area contributed by atoms with Gasteiger partial charge in [0.1, 0.15) is 30.3 Å². The largest absolute Gasteiger partial charge is 0.444 e. The zero-order valence-corrected chi connectivity index (χ0v) is 42.7. The molecule has 0 saturated heterocycles. The molecular formula is C51H56Cl2F2N12O8. The molecule has 4 aromatic carbocycles. The number of benzene rings is 4. The van der Waals surface area contributed by atoms with E-state index in [9.17, 15) is 42.3 Å². The molecule has 0 radical (unpaired) electrons. The van der Waals surface area contributed by atoms with Gasteiger partial charge in [0.05, 0.1) is 34.2 Å². The van der Waals surface area contributed by atoms with Gasteiger partial charge in [0.2, 0.25) is 23.6 Å². The Labute approximate surface area is 439 Å². The van der Waals surface area contributed by atoms with E-state index < -0.39 is 52.9 Å². The number of aromatic nitrogens is 4. The lowest BCUT2D eigenvalue weighted by atomic mass is 9.85. The molecule has 0 unspecified atom stereocenters. The minimum absolute atomic E-state index is 0.0335. The maximum Gasteiger partial charge on any atom is 0.407 e. The molecule has 9 N–H and O–H groups in total. The Morgan fingerprint density at radius 3 is 1.47 bits per heavy atom. The highest BCUT2D eigenvalue weighted by molar-refractivity contribution is 6.31. The summed E-state index contributed by atoms with van der Waals surface area (Å²) in [6.45, 7) is 4.11. The second kappa shape index (κ2) is 23.7. The van der Waals surface area contributed by atoms with Crippen LogP contribution in [0.15, 0.2) is 84.9 Å². The predicted octanol–water partition coefficient (Wildman–Crippen LogP) is 4.69. The second-order valence-electron chi connectivity index (χ2n) is 19.2. The fourth-order valence-corrected chi connectivity index (χ4v) is 9.03. The molecule has 8 rings (SSSR count). The highest BCUT2D eigenvalue weighted by atomic mass is 35.5. The Kier molecular flexibility index (Phi) is 17.4. The van der Waals surface area contributed by atoms with Crippen molar-refractivity contribution < 1.29 is 47.1 Å². The van der Waals surface area contributed by atoms with Gasteiger partial charge in [0, 0.05) is 59.2 Å². The average Bonchev–Trinajstić information content (AvgIpc) is 3.89. The predicted molar refractivity (Wildman–Crippen MR) is 274 cm³/mol. The first-order valence-corrected chi connectivity index (χ1v) is 24.6. The fourth-order valence-electron chi connectivity index (χ4n) is 8.64. The summed E-state index contributed by atoms with van der Waals surface area (Å²) in [4.78, 5) is 91.1. The number of amides is 7. The number of para-hydroxylation sites is 2. The number of nitrogens with one attached hydrogen (secondary N) is 3. The van der Waals surface area contributed by atoms with Gasteiger partial charge in [0.15, 0.2) is 11.4 Å². The van der Waals surface area contributed by atoms with Crippen LogP contribution in [0.25, 0.3) is 21.8 Å². The molecule has 0 spiro atoms. The van der Waals surface area contributed by atoms with Crippen molar-refractivity contribution in [2.75, 3.05) is 13.1 Å². The molecule has 75 heavy (non-hydrogen) atoms. The lowest BCUT2D eigenvalue weighted by Gasteiger charge is -2.42. The van der Waals surface area contributed by atoms with Gasteiger partial charge in [-0.3, -0.25) is 38.1 Å². The van der Waals surface area contributed by atoms with Crippen molar-refractivity contribution in [2.24, 2.45) is 17.2 Å². The molecule has 6 aromatic rings. The number of fused-ring (bicyclic) bond motifs is 2. The minimum atomic E-state index is -0.730. The van der Waals surface area contributed by atoms with Crippen LogP contribution >= 0.6 is 23.2 Å². The summed E-state index contributed by atoms with van der Waals surface area (Å²) in [5.41, 5.74) is 17.8. The third kappa shape index (κ3) is 13.7. The highest BCUT2D eigenvalue weighted by Crippen LogP contribution is 2.29. The lowest BCUT2D eigenvalue weighted by Crippen LogP contribution is -2.58. The normalized spacial score (nSPS) is 16.9. The van der Waals surface area contributed by atoms with E-state index in [4.69, 9.17) is 45.1 Å². The Hall–Kier alpha value is -7.69. The number of rotatable bonds is 17. The van der Waals surface area contributed by atoms with Crippen LogP contribution < -0.4 is 33.2 Å². The van der Waals surface area contributed by atoms with Gasteiger partial charge in [-0.05, 0) is 70.7 Å². The smallest absolute Gasteiger partial charge is 0.407 e. The van der Waals surface area contributed by atoms with Crippen LogP contribution in [0.1, 0.15) is 78.6 Å². The van der Waals surface area contributed by atoms with Crippen molar-refractivity contribution >= 4 is 86.5 Å². The number of hydrogen-bond donors (Lipinski definition) is 6. The zero-order valence-electron chi connectivity index (χ0n) is 41.2. The highest BCUT2D eigenvalue weighted by Gasteiger charge is 2.39. The summed E-state index contributed by atoms with van der Waals surface area (Å²) in [5, 5.41) is 17.5. The molecular weight excluding hydrogens is 1020 g/mol. The SMILES string of the molecule is CC(C)(C)OC(=O)NC1CC(N(CC(=O)NCc2cccc(Cl)c2F)C(=O)Cn2nc(C(N)=O)c3ccccc32)C1.NC(=O)c1nn(CC(=O)N(CC(=O)NCc2cccc(Cl)c2F)C2CC(N)C2)c2ccccc12. The first-order chi connectivity index (χ1) is 35.6. The maximum absolute atomic E-state index is 14.3.